The van der Waals surface area contributed by atoms with E-state index in [1.807, 2.05) is 0 Å². The molecule has 6 heteroatoms. The number of hydrogen-bond acceptors (Lipinski definition) is 3. The maximum Gasteiger partial charge on any atom is 0.337 e. The summed E-state index contributed by atoms with van der Waals surface area (Å²) >= 11 is 5.89. The van der Waals surface area contributed by atoms with Crippen molar-refractivity contribution in [1.29, 1.82) is 0 Å². The Morgan fingerprint density at radius 1 is 1.30 bits per heavy atom. The van der Waals surface area contributed by atoms with E-state index in [0.717, 1.165) is 0 Å². The topological polar surface area (TPSA) is 39.9 Å². The molecule has 4 nitrogen and oxygen atoms in total. The molecule has 2 aromatic carbocycles. The van der Waals surface area contributed by atoms with Gasteiger partial charge in [-0.1, -0.05) is 23.7 Å². The van der Waals surface area contributed by atoms with Gasteiger partial charge in [0.25, 0.3) is 0 Å². The second-order valence-corrected chi connectivity index (χ2v) is 5.09. The van der Waals surface area contributed by atoms with E-state index in [9.17, 15) is 9.18 Å². The van der Waals surface area contributed by atoms with Crippen LogP contribution in [0.3, 0.4) is 0 Å². The van der Waals surface area contributed by atoms with E-state index in [1.54, 1.807) is 30.3 Å². The number of esters is 1. The molecule has 0 fully saturated rings. The van der Waals surface area contributed by atoms with Crippen LogP contribution in [0.15, 0.2) is 42.5 Å². The van der Waals surface area contributed by atoms with E-state index in [-0.39, 0.29) is 11.8 Å². The van der Waals surface area contributed by atoms with E-state index in [2.05, 4.69) is 9.58 Å². The Kier molecular flexibility index (Phi) is 5.69. The van der Waals surface area contributed by atoms with Gasteiger partial charge in [-0.05, 0) is 41.5 Å². The Morgan fingerprint density at radius 2 is 2.09 bits per heavy atom. The third-order valence-electron chi connectivity index (χ3n) is 3.10. The first-order chi connectivity index (χ1) is 11.0. The predicted octanol–water partition coefficient (Wildman–Crippen LogP) is 4.25. The summed E-state index contributed by atoms with van der Waals surface area (Å²) in [5.74, 6) is -0.999. The van der Waals surface area contributed by atoms with Crippen molar-refractivity contribution < 1.29 is 18.7 Å². The largest absolute Gasteiger partial charge is 0.465 e. The van der Waals surface area contributed by atoms with Gasteiger partial charge in [-0.2, -0.15) is 0 Å². The van der Waals surface area contributed by atoms with Crippen molar-refractivity contribution in [2.75, 3.05) is 13.8 Å². The number of carbonyl (C=O) groups is 1. The van der Waals surface area contributed by atoms with Crippen LogP contribution in [-0.4, -0.2) is 19.8 Å². The Bertz CT molecular complexity index is 737. The van der Waals surface area contributed by atoms with Gasteiger partial charge in [0.1, 0.15) is 11.9 Å². The van der Waals surface area contributed by atoms with Gasteiger partial charge < -0.3 is 4.74 Å². The maximum atomic E-state index is 13.6. The van der Waals surface area contributed by atoms with E-state index < -0.39 is 17.9 Å². The zero-order valence-corrected chi connectivity index (χ0v) is 13.0. The van der Waals surface area contributed by atoms with Gasteiger partial charge in [0.2, 0.25) is 0 Å². The molecule has 118 valence electrons. The number of carbonyl (C=O) groups excluding carboxylic acids is 1. The molecule has 0 aromatic heterocycles. The van der Waals surface area contributed by atoms with Crippen LogP contribution in [0.2, 0.25) is 5.02 Å². The zero-order valence-electron chi connectivity index (χ0n) is 12.3. The second-order valence-electron chi connectivity index (χ2n) is 4.65. The van der Waals surface area contributed by atoms with Crippen LogP contribution < -0.4 is 0 Å². The third-order valence-corrected chi connectivity index (χ3v) is 3.32. The van der Waals surface area contributed by atoms with Crippen molar-refractivity contribution in [3.05, 3.63) is 81.4 Å². The molecule has 0 N–H and O–H groups in total. The molecule has 23 heavy (non-hydrogen) atoms. The van der Waals surface area contributed by atoms with Gasteiger partial charge in [0, 0.05) is 5.02 Å². The van der Waals surface area contributed by atoms with Crippen molar-refractivity contribution in [2.45, 2.75) is 6.10 Å². The van der Waals surface area contributed by atoms with Gasteiger partial charge in [0.15, 0.2) is 0 Å². The number of hydrogen-bond donors (Lipinski definition) is 0. The molecular weight excluding hydrogens is 321 g/mol. The van der Waals surface area contributed by atoms with E-state index in [1.165, 1.54) is 19.2 Å². The molecule has 0 heterocycles. The first-order valence-corrected chi connectivity index (χ1v) is 7.02. The van der Waals surface area contributed by atoms with E-state index in [0.29, 0.717) is 16.7 Å². The first kappa shape index (κ1) is 16.9. The fourth-order valence-corrected chi connectivity index (χ4v) is 2.40. The fourth-order valence-electron chi connectivity index (χ4n) is 2.17. The summed E-state index contributed by atoms with van der Waals surface area (Å²) in [6, 6.07) is 10.6. The minimum absolute atomic E-state index is 0.207. The van der Waals surface area contributed by atoms with Crippen LogP contribution in [0.25, 0.3) is 4.85 Å². The van der Waals surface area contributed by atoms with Crippen molar-refractivity contribution in [3.8, 4) is 0 Å². The highest BCUT2D eigenvalue weighted by molar-refractivity contribution is 6.30. The molecule has 0 spiro atoms. The van der Waals surface area contributed by atoms with Gasteiger partial charge in [-0.25, -0.2) is 15.8 Å². The van der Waals surface area contributed by atoms with Crippen molar-refractivity contribution >= 4 is 17.6 Å². The molecule has 1 unspecified atom stereocenters. The predicted molar refractivity (Wildman–Crippen MR) is 83.6 cm³/mol. The van der Waals surface area contributed by atoms with Crippen molar-refractivity contribution in [2.24, 2.45) is 0 Å². The Labute approximate surface area is 138 Å². The average molecular weight is 334 g/mol. The van der Waals surface area contributed by atoms with Gasteiger partial charge in [-0.15, -0.1) is 0 Å². The summed E-state index contributed by atoms with van der Waals surface area (Å²) in [6.45, 7) is 6.66. The lowest BCUT2D eigenvalue weighted by molar-refractivity contribution is 0.0600. The molecular formula is C17H13ClFNO3. The number of halogens is 2. The second kappa shape index (κ2) is 7.73. The van der Waals surface area contributed by atoms with Gasteiger partial charge in [0.05, 0.1) is 12.7 Å². The lowest BCUT2D eigenvalue weighted by atomic mass is 9.99. The van der Waals surface area contributed by atoms with Gasteiger partial charge in [-0.3, -0.25) is 9.58 Å². The van der Waals surface area contributed by atoms with Crippen LogP contribution in [0.4, 0.5) is 4.39 Å². The maximum absolute atomic E-state index is 13.6. The van der Waals surface area contributed by atoms with Crippen LogP contribution in [0.1, 0.15) is 27.6 Å². The standard InChI is InChI=1S/C17H13ClFNO3/c1-20-10-23-16(13-7-14(18)9-15(19)8-13)11-4-3-5-12(6-11)17(21)22-2/h3-9,16H,10H2,2H3. The summed E-state index contributed by atoms with van der Waals surface area (Å²) in [5, 5.41) is 0.223. The van der Waals surface area contributed by atoms with Crippen LogP contribution in [0, 0.1) is 12.4 Å². The van der Waals surface area contributed by atoms with E-state index in [4.69, 9.17) is 22.9 Å². The minimum atomic E-state index is -0.720. The molecule has 0 aliphatic rings. The molecule has 0 saturated carbocycles. The molecule has 2 rings (SSSR count). The van der Waals surface area contributed by atoms with Gasteiger partial charge >= 0.3 is 12.7 Å². The Morgan fingerprint density at radius 3 is 2.74 bits per heavy atom. The molecule has 0 aliphatic carbocycles. The third kappa shape index (κ3) is 4.28. The lowest BCUT2D eigenvalue weighted by Crippen LogP contribution is -2.09. The average Bonchev–Trinajstić information content (AvgIpc) is 2.54. The highest BCUT2D eigenvalue weighted by Crippen LogP contribution is 2.29. The van der Waals surface area contributed by atoms with Crippen molar-refractivity contribution in [3.63, 3.8) is 0 Å². The summed E-state index contributed by atoms with van der Waals surface area (Å²) in [5.41, 5.74) is 1.39. The molecule has 0 bridgehead atoms. The first-order valence-electron chi connectivity index (χ1n) is 6.64. The molecule has 0 amide bonds. The monoisotopic (exact) mass is 333 g/mol. The zero-order chi connectivity index (χ0) is 16.8. The number of ether oxygens (including phenoxy) is 2. The molecule has 0 radical (unpaired) electrons. The molecule has 1 atom stereocenters. The number of rotatable bonds is 5. The normalized spacial score (nSPS) is 11.6. The smallest absolute Gasteiger partial charge is 0.337 e. The molecule has 2 aromatic rings. The quantitative estimate of drug-likeness (QED) is 0.606. The highest BCUT2D eigenvalue weighted by Gasteiger charge is 2.19. The van der Waals surface area contributed by atoms with Crippen molar-refractivity contribution in [1.82, 2.24) is 0 Å². The van der Waals surface area contributed by atoms with Crippen LogP contribution in [-0.2, 0) is 9.47 Å². The summed E-state index contributed by atoms with van der Waals surface area (Å²) < 4.78 is 23.8. The summed E-state index contributed by atoms with van der Waals surface area (Å²) in [7, 11) is 1.29. The molecule has 0 aliphatic heterocycles. The minimum Gasteiger partial charge on any atom is -0.465 e. The lowest BCUT2D eigenvalue weighted by Gasteiger charge is -2.17. The Hall–Kier alpha value is -2.42. The number of nitrogens with zero attached hydrogens (tertiary/aromatic N) is 1. The highest BCUT2D eigenvalue weighted by atomic mass is 35.5. The number of methoxy groups -OCH3 is 1. The summed E-state index contributed by atoms with van der Waals surface area (Å²) in [4.78, 5) is 14.8. The molecule has 0 saturated heterocycles. The Balaban J connectivity index is 2.46. The van der Waals surface area contributed by atoms with Crippen LogP contribution in [0.5, 0.6) is 0 Å². The van der Waals surface area contributed by atoms with Crippen LogP contribution >= 0.6 is 11.6 Å². The fraction of sp³-hybridized carbons (Fsp3) is 0.176. The van der Waals surface area contributed by atoms with E-state index >= 15 is 0 Å². The number of benzene rings is 2. The SMILES string of the molecule is [C-]#[N+]COC(c1cc(F)cc(Cl)c1)c1cccc(C(=O)OC)c1. The summed E-state index contributed by atoms with van der Waals surface area (Å²) in [6.07, 6.45) is -0.720.